The number of carbonyl (C=O) groups excluding carboxylic acids is 6. The number of phenolic OH excluding ortho intramolecular Hbond substituents is 1. The minimum Gasteiger partial charge on any atom is -0.508 e. The number of nitrogens with zero attached hydrogens (tertiary/aromatic N) is 2. The predicted molar refractivity (Wildman–Crippen MR) is 195 cm³/mol. The maximum absolute atomic E-state index is 14.0. The van der Waals surface area contributed by atoms with Crippen LogP contribution in [0.4, 0.5) is 0 Å². The summed E-state index contributed by atoms with van der Waals surface area (Å²) in [7, 11) is 0. The van der Waals surface area contributed by atoms with Crippen LogP contribution < -0.4 is 27.0 Å². The van der Waals surface area contributed by atoms with Gasteiger partial charge < -0.3 is 82.8 Å². The Labute approximate surface area is 332 Å². The molecule has 23 heteroatoms. The van der Waals surface area contributed by atoms with Crippen molar-refractivity contribution in [2.45, 2.75) is 119 Å². The first-order valence-corrected chi connectivity index (χ1v) is 18.0. The highest BCUT2D eigenvalue weighted by molar-refractivity contribution is 5.98. The second-order valence-electron chi connectivity index (χ2n) is 14.6. The number of fused-ring (bicyclic) bond motifs is 2. The van der Waals surface area contributed by atoms with Crippen molar-refractivity contribution in [2.75, 3.05) is 13.1 Å². The van der Waals surface area contributed by atoms with Crippen LogP contribution >= 0.6 is 12.4 Å². The zero-order valence-corrected chi connectivity index (χ0v) is 32.0. The summed E-state index contributed by atoms with van der Waals surface area (Å²) in [6.45, 7) is 2.85. The average molecular weight is 834 g/mol. The van der Waals surface area contributed by atoms with E-state index in [1.807, 2.05) is 5.32 Å². The number of rotatable bonds is 5. The van der Waals surface area contributed by atoms with Gasteiger partial charge in [0.05, 0.1) is 30.5 Å². The summed E-state index contributed by atoms with van der Waals surface area (Å²) >= 11 is 0. The van der Waals surface area contributed by atoms with E-state index in [-0.39, 0.29) is 30.3 Å². The molecule has 0 aliphatic carbocycles. The van der Waals surface area contributed by atoms with Crippen LogP contribution in [0.3, 0.4) is 0 Å². The van der Waals surface area contributed by atoms with Gasteiger partial charge in [-0.05, 0) is 31.5 Å². The molecule has 3 fully saturated rings. The lowest BCUT2D eigenvalue weighted by atomic mass is 9.96. The molecule has 15 N–H and O–H groups in total. The van der Waals surface area contributed by atoms with Gasteiger partial charge >= 0.3 is 0 Å². The molecule has 6 amide bonds. The molecule has 22 nitrogen and oxygen atoms in total. The van der Waals surface area contributed by atoms with Crippen LogP contribution in [0.2, 0.25) is 0 Å². The van der Waals surface area contributed by atoms with E-state index in [0.717, 1.165) is 35.8 Å². The molecule has 1 aromatic carbocycles. The predicted octanol–water partition coefficient (Wildman–Crippen LogP) is -6.88. The molecule has 0 bridgehead atoms. The van der Waals surface area contributed by atoms with Crippen molar-refractivity contribution in [2.24, 2.45) is 11.7 Å². The highest BCUT2D eigenvalue weighted by Crippen LogP contribution is 2.27. The maximum atomic E-state index is 14.0. The molecular weight excluding hydrogens is 782 g/mol. The van der Waals surface area contributed by atoms with Crippen LogP contribution in [0.5, 0.6) is 5.75 Å². The van der Waals surface area contributed by atoms with Crippen molar-refractivity contribution in [3.05, 3.63) is 29.8 Å². The van der Waals surface area contributed by atoms with E-state index in [2.05, 4.69) is 16.0 Å². The second-order valence-corrected chi connectivity index (χ2v) is 14.6. The van der Waals surface area contributed by atoms with Gasteiger partial charge in [0.2, 0.25) is 35.4 Å². The number of aliphatic hydroxyl groups is 8. The topological polar surface area (TPSA) is 365 Å². The van der Waals surface area contributed by atoms with Gasteiger partial charge in [0.15, 0.2) is 6.23 Å². The summed E-state index contributed by atoms with van der Waals surface area (Å²) in [6, 6.07) is -6.28. The van der Waals surface area contributed by atoms with Crippen LogP contribution in [0.25, 0.3) is 0 Å². The minimum absolute atomic E-state index is 0. The number of amides is 6. The van der Waals surface area contributed by atoms with Crippen molar-refractivity contribution >= 4 is 47.9 Å². The van der Waals surface area contributed by atoms with Crippen LogP contribution in [0, 0.1) is 5.92 Å². The van der Waals surface area contributed by atoms with E-state index >= 15 is 0 Å². The van der Waals surface area contributed by atoms with E-state index in [1.165, 1.54) is 19.1 Å². The van der Waals surface area contributed by atoms with E-state index < -0.39 is 146 Å². The SMILES string of the molecule is CC(O)[C@@H]1NC(=O)[C@H]([C@H](O)[C@@H](O)c2ccc(O)cc2)NC(=O)[C@@H]2C[C@@H](O)CN2C(=O)[C@H](C(C)O)NC(=O)[C@@H](N)C[C@H](O)[C@@H](O)NC(=O)[C@@H]2[C@@H](O)[C@@H](C)CN2C1=O.Cl. The van der Waals surface area contributed by atoms with Crippen molar-refractivity contribution in [1.82, 2.24) is 31.1 Å². The van der Waals surface area contributed by atoms with Crippen LogP contribution in [-0.2, 0) is 28.8 Å². The van der Waals surface area contributed by atoms with Gasteiger partial charge in [-0.15, -0.1) is 12.4 Å². The first kappa shape index (κ1) is 47.1. The number of benzene rings is 1. The van der Waals surface area contributed by atoms with Crippen molar-refractivity contribution in [3.63, 3.8) is 0 Å². The molecule has 3 aliphatic heterocycles. The smallest absolute Gasteiger partial charge is 0.248 e. The summed E-state index contributed by atoms with van der Waals surface area (Å²) in [5.41, 5.74) is 5.88. The Balaban J connectivity index is 0.00000870. The number of nitrogens with one attached hydrogen (secondary N) is 4. The normalized spacial score (nSPS) is 34.6. The van der Waals surface area contributed by atoms with E-state index in [0.29, 0.717) is 0 Å². The molecule has 4 rings (SSSR count). The molecule has 2 unspecified atom stereocenters. The van der Waals surface area contributed by atoms with Gasteiger partial charge in [0.1, 0.15) is 54.3 Å². The Morgan fingerprint density at radius 3 is 1.79 bits per heavy atom. The van der Waals surface area contributed by atoms with Crippen LogP contribution in [0.15, 0.2) is 24.3 Å². The van der Waals surface area contributed by atoms with E-state index in [9.17, 15) is 74.7 Å². The van der Waals surface area contributed by atoms with Crippen molar-refractivity contribution in [3.8, 4) is 5.75 Å². The van der Waals surface area contributed by atoms with Crippen molar-refractivity contribution in [1.29, 1.82) is 0 Å². The van der Waals surface area contributed by atoms with Gasteiger partial charge in [-0.1, -0.05) is 19.1 Å². The number of hydrogen-bond donors (Lipinski definition) is 14. The first-order chi connectivity index (χ1) is 26.1. The summed E-state index contributed by atoms with van der Waals surface area (Å²) in [4.78, 5) is 83.9. The lowest BCUT2D eigenvalue weighted by Gasteiger charge is -2.34. The Hall–Kier alpha value is -4.23. The minimum atomic E-state index is -2.24. The molecule has 0 spiro atoms. The second kappa shape index (κ2) is 19.5. The van der Waals surface area contributed by atoms with Crippen molar-refractivity contribution < 1.29 is 74.7 Å². The lowest BCUT2D eigenvalue weighted by Crippen LogP contribution is -2.64. The largest absolute Gasteiger partial charge is 0.508 e. The Morgan fingerprint density at radius 1 is 0.702 bits per heavy atom. The summed E-state index contributed by atoms with van der Waals surface area (Å²) in [5.74, 6) is -8.12. The molecule has 3 saturated heterocycles. The van der Waals surface area contributed by atoms with E-state index in [4.69, 9.17) is 5.73 Å². The molecule has 0 aromatic heterocycles. The third kappa shape index (κ3) is 10.6. The third-order valence-electron chi connectivity index (χ3n) is 10.2. The number of aromatic hydroxyl groups is 1. The van der Waals surface area contributed by atoms with Gasteiger partial charge in [-0.3, -0.25) is 28.8 Å². The molecule has 0 radical (unpaired) electrons. The quantitative estimate of drug-likeness (QED) is 0.131. The Bertz CT molecular complexity index is 1620. The molecule has 320 valence electrons. The number of carbonyl (C=O) groups is 6. The fourth-order valence-electron chi connectivity index (χ4n) is 6.92. The number of halogens is 1. The highest BCUT2D eigenvalue weighted by Gasteiger charge is 2.50. The number of phenols is 1. The standard InChI is InChI=1S/C34H51N7O15.ClH/c1-12-10-41-24(25(12)47)32(54)39-30(52)20(46)9-18(35)28(50)36-21(13(2)42)33(55)40-11-17(45)8-19(40)29(51)38-23(31(53)37-22(14(3)43)34(41)56)27(49)26(48)15-4-6-16(44)7-5-15;/h4-7,12-14,17-27,30,42-49,52H,8-11,35H2,1-3H3,(H,36,50)(H,37,53)(H,38,51)(H,39,54);1H/t12-,13?,14?,17+,18-,19-,20-,21-,22-,23-,24-,25-,26-,27-,30+;/m0./s1. The summed E-state index contributed by atoms with van der Waals surface area (Å²) in [6.07, 6.45) is -15.8. The Kier molecular flexibility index (Phi) is 16.1. The molecule has 1 aromatic rings. The molecular formula is C34H52ClN7O15. The van der Waals surface area contributed by atoms with Gasteiger partial charge in [0, 0.05) is 31.8 Å². The summed E-state index contributed by atoms with van der Waals surface area (Å²) < 4.78 is 0. The lowest BCUT2D eigenvalue weighted by molar-refractivity contribution is -0.148. The number of aliphatic hydroxyl groups excluding tert-OH is 8. The van der Waals surface area contributed by atoms with Gasteiger partial charge in [-0.2, -0.15) is 0 Å². The van der Waals surface area contributed by atoms with Gasteiger partial charge in [-0.25, -0.2) is 0 Å². The van der Waals surface area contributed by atoms with E-state index in [1.54, 1.807) is 0 Å². The zero-order chi connectivity index (χ0) is 41.9. The number of hydrogen-bond acceptors (Lipinski definition) is 16. The monoisotopic (exact) mass is 833 g/mol. The average Bonchev–Trinajstić information content (AvgIpc) is 3.68. The summed E-state index contributed by atoms with van der Waals surface area (Å²) in [5, 5.41) is 105. The molecule has 15 atom stereocenters. The first-order valence-electron chi connectivity index (χ1n) is 18.0. The fourth-order valence-corrected chi connectivity index (χ4v) is 6.92. The fraction of sp³-hybridized carbons (Fsp3) is 0.647. The van der Waals surface area contributed by atoms with Crippen LogP contribution in [0.1, 0.15) is 45.3 Å². The molecule has 3 heterocycles. The zero-order valence-electron chi connectivity index (χ0n) is 31.2. The molecule has 0 saturated carbocycles. The molecule has 3 aliphatic rings. The maximum Gasteiger partial charge on any atom is 0.248 e. The highest BCUT2D eigenvalue weighted by atomic mass is 35.5. The molecule has 57 heavy (non-hydrogen) atoms. The number of nitrogens with two attached hydrogens (primary N) is 1. The third-order valence-corrected chi connectivity index (χ3v) is 10.2. The van der Waals surface area contributed by atoms with Gasteiger partial charge in [0.25, 0.3) is 0 Å². The van der Waals surface area contributed by atoms with Crippen LogP contribution in [-0.4, -0.2) is 183 Å². The Morgan fingerprint density at radius 2 is 1.23 bits per heavy atom.